The first-order valence-corrected chi connectivity index (χ1v) is 5.56. The minimum atomic E-state index is 0.913. The molecule has 0 aliphatic carbocycles. The minimum absolute atomic E-state index is 0.913. The van der Waals surface area contributed by atoms with Crippen LogP contribution in [-0.4, -0.2) is 52.7 Å². The maximum absolute atomic E-state index is 4.33. The van der Waals surface area contributed by atoms with E-state index in [1.807, 2.05) is 12.4 Å². The van der Waals surface area contributed by atoms with Crippen molar-refractivity contribution in [3.63, 3.8) is 0 Å². The largest absolute Gasteiger partial charge is 0.368 e. The van der Waals surface area contributed by atoms with Crippen LogP contribution in [0.4, 0.5) is 5.69 Å². The van der Waals surface area contributed by atoms with Gasteiger partial charge in [-0.15, -0.1) is 0 Å². The summed E-state index contributed by atoms with van der Waals surface area (Å²) in [6.07, 6.45) is 5.55. The SMILES string of the molecule is CN1CCN(c2cnn3ccnc3c2)CC1. The summed E-state index contributed by atoms with van der Waals surface area (Å²) in [4.78, 5) is 8.96. The number of likely N-dealkylation sites (N-methyl/N-ethyl adjacent to an activating group) is 1. The molecule has 84 valence electrons. The highest BCUT2D eigenvalue weighted by atomic mass is 15.3. The van der Waals surface area contributed by atoms with Crippen LogP contribution in [-0.2, 0) is 0 Å². The Bertz CT molecular complexity index is 484. The number of imidazole rings is 1. The predicted molar refractivity (Wildman–Crippen MR) is 62.7 cm³/mol. The van der Waals surface area contributed by atoms with Gasteiger partial charge in [-0.2, -0.15) is 5.10 Å². The molecular formula is C11H15N5. The van der Waals surface area contributed by atoms with Crippen molar-refractivity contribution in [2.45, 2.75) is 0 Å². The molecule has 2 aromatic rings. The van der Waals surface area contributed by atoms with Gasteiger partial charge in [0.1, 0.15) is 0 Å². The molecule has 1 aliphatic heterocycles. The zero-order valence-corrected chi connectivity index (χ0v) is 9.37. The van der Waals surface area contributed by atoms with Crippen LogP contribution in [0.3, 0.4) is 0 Å². The Balaban J connectivity index is 1.87. The summed E-state index contributed by atoms with van der Waals surface area (Å²) in [5, 5.41) is 4.33. The Morgan fingerprint density at radius 2 is 2.00 bits per heavy atom. The van der Waals surface area contributed by atoms with Crippen LogP contribution in [0.1, 0.15) is 0 Å². The Hall–Kier alpha value is -1.62. The molecule has 0 radical (unpaired) electrons. The average Bonchev–Trinajstić information content (AvgIpc) is 2.77. The zero-order valence-electron chi connectivity index (χ0n) is 9.37. The van der Waals surface area contributed by atoms with Gasteiger partial charge in [-0.3, -0.25) is 0 Å². The normalized spacial score (nSPS) is 18.2. The molecule has 0 unspecified atom stereocenters. The summed E-state index contributed by atoms with van der Waals surface area (Å²) in [6, 6.07) is 2.10. The van der Waals surface area contributed by atoms with E-state index in [-0.39, 0.29) is 0 Å². The lowest BCUT2D eigenvalue weighted by Crippen LogP contribution is -2.44. The van der Waals surface area contributed by atoms with Gasteiger partial charge in [0.25, 0.3) is 0 Å². The lowest BCUT2D eigenvalue weighted by atomic mass is 10.3. The highest BCUT2D eigenvalue weighted by Crippen LogP contribution is 2.16. The number of anilines is 1. The minimum Gasteiger partial charge on any atom is -0.368 e. The Labute approximate surface area is 94.3 Å². The van der Waals surface area contributed by atoms with Crippen molar-refractivity contribution in [1.82, 2.24) is 19.5 Å². The monoisotopic (exact) mass is 217 g/mol. The van der Waals surface area contributed by atoms with E-state index >= 15 is 0 Å². The summed E-state index contributed by atoms with van der Waals surface area (Å²) < 4.78 is 1.79. The van der Waals surface area contributed by atoms with Gasteiger partial charge in [0, 0.05) is 44.6 Å². The number of fused-ring (bicyclic) bond motifs is 1. The summed E-state index contributed by atoms with van der Waals surface area (Å²) in [5.74, 6) is 0. The first kappa shape index (κ1) is 9.59. The molecule has 0 bridgehead atoms. The second kappa shape index (κ2) is 3.75. The van der Waals surface area contributed by atoms with E-state index in [4.69, 9.17) is 0 Å². The molecule has 2 aromatic heterocycles. The number of rotatable bonds is 1. The van der Waals surface area contributed by atoms with Crippen molar-refractivity contribution in [1.29, 1.82) is 0 Å². The first-order valence-electron chi connectivity index (χ1n) is 5.56. The first-order chi connectivity index (χ1) is 7.83. The molecule has 0 amide bonds. The Morgan fingerprint density at radius 3 is 2.81 bits per heavy atom. The molecule has 1 fully saturated rings. The van der Waals surface area contributed by atoms with E-state index < -0.39 is 0 Å². The molecular weight excluding hydrogens is 202 g/mol. The molecule has 0 atom stereocenters. The maximum atomic E-state index is 4.33. The van der Waals surface area contributed by atoms with Crippen molar-refractivity contribution in [2.75, 3.05) is 38.1 Å². The predicted octanol–water partition coefficient (Wildman–Crippen LogP) is 0.481. The van der Waals surface area contributed by atoms with Crippen LogP contribution in [0.2, 0.25) is 0 Å². The zero-order chi connectivity index (χ0) is 11.0. The fourth-order valence-electron chi connectivity index (χ4n) is 2.04. The third-order valence-corrected chi connectivity index (χ3v) is 3.11. The van der Waals surface area contributed by atoms with Crippen molar-refractivity contribution >= 4 is 11.3 Å². The summed E-state index contributed by atoms with van der Waals surface area (Å²) in [5.41, 5.74) is 2.09. The lowest BCUT2D eigenvalue weighted by Gasteiger charge is -2.33. The van der Waals surface area contributed by atoms with Gasteiger partial charge < -0.3 is 9.80 Å². The van der Waals surface area contributed by atoms with Crippen molar-refractivity contribution in [3.8, 4) is 0 Å². The molecule has 5 nitrogen and oxygen atoms in total. The molecule has 1 saturated heterocycles. The van der Waals surface area contributed by atoms with Crippen molar-refractivity contribution in [2.24, 2.45) is 0 Å². The van der Waals surface area contributed by atoms with Gasteiger partial charge in [0.2, 0.25) is 0 Å². The van der Waals surface area contributed by atoms with E-state index in [1.54, 1.807) is 10.7 Å². The fourth-order valence-corrected chi connectivity index (χ4v) is 2.04. The Kier molecular flexibility index (Phi) is 2.25. The van der Waals surface area contributed by atoms with Crippen LogP contribution < -0.4 is 4.90 Å². The van der Waals surface area contributed by atoms with E-state index in [0.29, 0.717) is 0 Å². The highest BCUT2D eigenvalue weighted by molar-refractivity contribution is 5.54. The van der Waals surface area contributed by atoms with E-state index in [1.165, 1.54) is 5.69 Å². The van der Waals surface area contributed by atoms with Crippen LogP contribution in [0.15, 0.2) is 24.7 Å². The summed E-state index contributed by atoms with van der Waals surface area (Å²) >= 11 is 0. The lowest BCUT2D eigenvalue weighted by molar-refractivity contribution is 0.312. The molecule has 0 aromatic carbocycles. The topological polar surface area (TPSA) is 36.7 Å². The molecule has 0 saturated carbocycles. The smallest absolute Gasteiger partial charge is 0.155 e. The second-order valence-electron chi connectivity index (χ2n) is 4.23. The highest BCUT2D eigenvalue weighted by Gasteiger charge is 2.14. The molecule has 1 aliphatic rings. The van der Waals surface area contributed by atoms with E-state index in [2.05, 4.69) is 33.0 Å². The maximum Gasteiger partial charge on any atom is 0.155 e. The van der Waals surface area contributed by atoms with Gasteiger partial charge in [0.15, 0.2) is 5.65 Å². The van der Waals surface area contributed by atoms with Gasteiger partial charge in [-0.05, 0) is 7.05 Å². The number of aromatic nitrogens is 3. The van der Waals surface area contributed by atoms with Crippen LogP contribution >= 0.6 is 0 Å². The average molecular weight is 217 g/mol. The summed E-state index contributed by atoms with van der Waals surface area (Å²) in [7, 11) is 2.16. The molecule has 3 rings (SSSR count). The number of piperazine rings is 1. The molecule has 16 heavy (non-hydrogen) atoms. The summed E-state index contributed by atoms with van der Waals surface area (Å²) in [6.45, 7) is 4.35. The standard InChI is InChI=1S/C11H15N5/c1-14-4-6-15(7-5-14)10-8-11-12-2-3-16(11)13-9-10/h2-3,8-9H,4-7H2,1H3. The second-order valence-corrected chi connectivity index (χ2v) is 4.23. The van der Waals surface area contributed by atoms with Gasteiger partial charge in [-0.1, -0.05) is 0 Å². The van der Waals surface area contributed by atoms with Crippen LogP contribution in [0.5, 0.6) is 0 Å². The van der Waals surface area contributed by atoms with E-state index in [0.717, 1.165) is 31.8 Å². The van der Waals surface area contributed by atoms with Crippen molar-refractivity contribution in [3.05, 3.63) is 24.7 Å². The van der Waals surface area contributed by atoms with Crippen LogP contribution in [0.25, 0.3) is 5.65 Å². The fraction of sp³-hybridized carbons (Fsp3) is 0.455. The van der Waals surface area contributed by atoms with Gasteiger partial charge in [0.05, 0.1) is 11.9 Å². The molecule has 0 spiro atoms. The van der Waals surface area contributed by atoms with E-state index in [9.17, 15) is 0 Å². The quantitative estimate of drug-likeness (QED) is 0.696. The Morgan fingerprint density at radius 1 is 1.19 bits per heavy atom. The van der Waals surface area contributed by atoms with Gasteiger partial charge >= 0.3 is 0 Å². The van der Waals surface area contributed by atoms with Gasteiger partial charge in [-0.25, -0.2) is 9.50 Å². The molecule has 0 N–H and O–H groups in total. The number of hydrogen-bond donors (Lipinski definition) is 0. The third kappa shape index (κ3) is 1.63. The number of hydrogen-bond acceptors (Lipinski definition) is 4. The molecule has 5 heteroatoms. The van der Waals surface area contributed by atoms with Crippen molar-refractivity contribution < 1.29 is 0 Å². The van der Waals surface area contributed by atoms with Crippen LogP contribution in [0, 0.1) is 0 Å². The molecule has 3 heterocycles. The third-order valence-electron chi connectivity index (χ3n) is 3.11. The number of nitrogens with zero attached hydrogens (tertiary/aromatic N) is 5.